The number of rotatable bonds is 7. The average Bonchev–Trinajstić information content (AvgIpc) is 2.37. The van der Waals surface area contributed by atoms with Crippen LogP contribution in [0, 0.1) is 0 Å². The average molecular weight is 250 g/mol. The lowest BCUT2D eigenvalue weighted by molar-refractivity contribution is -0.120. The highest BCUT2D eigenvalue weighted by Gasteiger charge is 2.04. The number of nitrogens with one attached hydrogen (secondary N) is 2. The van der Waals surface area contributed by atoms with Gasteiger partial charge >= 0.3 is 0 Å². The van der Waals surface area contributed by atoms with Crippen molar-refractivity contribution >= 4 is 5.91 Å². The maximum atomic E-state index is 11.5. The molecule has 0 saturated carbocycles. The van der Waals surface area contributed by atoms with Gasteiger partial charge in [0, 0.05) is 12.6 Å². The van der Waals surface area contributed by atoms with Crippen LogP contribution in [-0.2, 0) is 11.2 Å². The summed E-state index contributed by atoms with van der Waals surface area (Å²) in [4.78, 5) is 11.5. The van der Waals surface area contributed by atoms with Crippen molar-refractivity contribution in [1.29, 1.82) is 0 Å². The smallest absolute Gasteiger partial charge is 0.233 e. The molecule has 1 aromatic carbocycles. The molecule has 100 valence electrons. The Morgan fingerprint density at radius 3 is 2.72 bits per heavy atom. The summed E-state index contributed by atoms with van der Waals surface area (Å²) < 4.78 is 5.26. The summed E-state index contributed by atoms with van der Waals surface area (Å²) in [6.45, 7) is 5.02. The second kappa shape index (κ2) is 7.71. The highest BCUT2D eigenvalue weighted by Crippen LogP contribution is 2.16. The van der Waals surface area contributed by atoms with E-state index in [-0.39, 0.29) is 5.91 Å². The van der Waals surface area contributed by atoms with E-state index in [4.69, 9.17) is 4.74 Å². The van der Waals surface area contributed by atoms with Crippen molar-refractivity contribution in [3.8, 4) is 5.75 Å². The molecule has 1 amide bonds. The molecule has 0 aliphatic rings. The van der Waals surface area contributed by atoms with E-state index in [0.29, 0.717) is 19.1 Å². The zero-order valence-corrected chi connectivity index (χ0v) is 11.3. The van der Waals surface area contributed by atoms with E-state index in [1.54, 1.807) is 7.11 Å². The number of amides is 1. The third-order valence-corrected chi connectivity index (χ3v) is 2.58. The summed E-state index contributed by atoms with van der Waals surface area (Å²) in [6, 6.07) is 8.17. The molecule has 0 heterocycles. The normalized spacial score (nSPS) is 10.4. The van der Waals surface area contributed by atoms with Crippen LogP contribution in [-0.4, -0.2) is 32.1 Å². The number of carbonyl (C=O) groups is 1. The molecule has 0 saturated heterocycles. The summed E-state index contributed by atoms with van der Waals surface area (Å²) in [7, 11) is 1.66. The molecule has 4 heteroatoms. The van der Waals surface area contributed by atoms with Crippen LogP contribution in [0.15, 0.2) is 24.3 Å². The molecule has 0 aliphatic carbocycles. The van der Waals surface area contributed by atoms with E-state index >= 15 is 0 Å². The Morgan fingerprint density at radius 1 is 1.33 bits per heavy atom. The van der Waals surface area contributed by atoms with Gasteiger partial charge in [0.1, 0.15) is 5.75 Å². The zero-order valence-electron chi connectivity index (χ0n) is 11.3. The van der Waals surface area contributed by atoms with Crippen molar-refractivity contribution in [2.75, 3.05) is 20.2 Å². The molecule has 0 aromatic heterocycles. The Morgan fingerprint density at radius 2 is 2.06 bits per heavy atom. The van der Waals surface area contributed by atoms with Gasteiger partial charge in [-0.15, -0.1) is 0 Å². The molecule has 0 radical (unpaired) electrons. The Labute approximate surface area is 109 Å². The third-order valence-electron chi connectivity index (χ3n) is 2.58. The predicted octanol–water partition coefficient (Wildman–Crippen LogP) is 1.35. The van der Waals surface area contributed by atoms with E-state index in [0.717, 1.165) is 17.7 Å². The molecular formula is C14H22N2O2. The van der Waals surface area contributed by atoms with Gasteiger partial charge < -0.3 is 15.4 Å². The van der Waals surface area contributed by atoms with Crippen LogP contribution in [0.5, 0.6) is 5.75 Å². The maximum Gasteiger partial charge on any atom is 0.233 e. The molecule has 0 unspecified atom stereocenters. The Balaban J connectivity index is 2.31. The monoisotopic (exact) mass is 250 g/mol. The number of ether oxygens (including phenoxy) is 1. The highest BCUT2D eigenvalue weighted by molar-refractivity contribution is 5.78. The summed E-state index contributed by atoms with van der Waals surface area (Å²) in [5, 5.41) is 5.96. The third kappa shape index (κ3) is 5.19. The van der Waals surface area contributed by atoms with E-state index in [1.807, 2.05) is 38.1 Å². The lowest BCUT2D eigenvalue weighted by Crippen LogP contribution is -2.37. The van der Waals surface area contributed by atoms with Crippen molar-refractivity contribution in [3.63, 3.8) is 0 Å². The standard InChI is InChI=1S/C14H22N2O2/c1-11(2)16-10-14(17)15-9-8-12-6-4-5-7-13(12)18-3/h4-7,11,16H,8-10H2,1-3H3,(H,15,17). The number of carbonyl (C=O) groups excluding carboxylic acids is 1. The van der Waals surface area contributed by atoms with Crippen molar-refractivity contribution in [1.82, 2.24) is 10.6 Å². The van der Waals surface area contributed by atoms with Crippen molar-refractivity contribution in [3.05, 3.63) is 29.8 Å². The number of para-hydroxylation sites is 1. The first-order chi connectivity index (χ1) is 8.63. The van der Waals surface area contributed by atoms with E-state index in [2.05, 4.69) is 10.6 Å². The number of hydrogen-bond acceptors (Lipinski definition) is 3. The van der Waals surface area contributed by atoms with E-state index < -0.39 is 0 Å². The summed E-state index contributed by atoms with van der Waals surface area (Å²) >= 11 is 0. The molecule has 4 nitrogen and oxygen atoms in total. The molecule has 1 rings (SSSR count). The van der Waals surface area contributed by atoms with Crippen LogP contribution >= 0.6 is 0 Å². The minimum atomic E-state index is 0.0265. The van der Waals surface area contributed by atoms with Crippen LogP contribution in [0.1, 0.15) is 19.4 Å². The second-order valence-electron chi connectivity index (χ2n) is 4.45. The SMILES string of the molecule is COc1ccccc1CCNC(=O)CNC(C)C. The van der Waals surface area contributed by atoms with Crippen LogP contribution in [0.4, 0.5) is 0 Å². The maximum absolute atomic E-state index is 11.5. The number of hydrogen-bond donors (Lipinski definition) is 2. The van der Waals surface area contributed by atoms with Crippen LogP contribution in [0.2, 0.25) is 0 Å². The zero-order chi connectivity index (χ0) is 13.4. The minimum absolute atomic E-state index is 0.0265. The van der Waals surface area contributed by atoms with Gasteiger partial charge in [-0.2, -0.15) is 0 Å². The Kier molecular flexibility index (Phi) is 6.22. The van der Waals surface area contributed by atoms with Crippen molar-refractivity contribution in [2.24, 2.45) is 0 Å². The second-order valence-corrected chi connectivity index (χ2v) is 4.45. The molecule has 2 N–H and O–H groups in total. The van der Waals surface area contributed by atoms with Crippen molar-refractivity contribution in [2.45, 2.75) is 26.3 Å². The largest absolute Gasteiger partial charge is 0.496 e. The molecular weight excluding hydrogens is 228 g/mol. The van der Waals surface area contributed by atoms with Crippen LogP contribution in [0.3, 0.4) is 0 Å². The first-order valence-electron chi connectivity index (χ1n) is 6.25. The summed E-state index contributed by atoms with van der Waals surface area (Å²) in [6.07, 6.45) is 0.775. The highest BCUT2D eigenvalue weighted by atomic mass is 16.5. The first-order valence-corrected chi connectivity index (χ1v) is 6.25. The number of methoxy groups -OCH3 is 1. The van der Waals surface area contributed by atoms with Gasteiger partial charge in [0.05, 0.1) is 13.7 Å². The summed E-state index contributed by atoms with van der Waals surface area (Å²) in [5.74, 6) is 0.894. The Bertz CT molecular complexity index is 378. The molecule has 1 aromatic rings. The first kappa shape index (κ1) is 14.5. The molecule has 0 aliphatic heterocycles. The lowest BCUT2D eigenvalue weighted by atomic mass is 10.1. The topological polar surface area (TPSA) is 50.4 Å². The van der Waals surface area contributed by atoms with Gasteiger partial charge in [-0.3, -0.25) is 4.79 Å². The fourth-order valence-electron chi connectivity index (χ4n) is 1.61. The van der Waals surface area contributed by atoms with Gasteiger partial charge in [-0.1, -0.05) is 32.0 Å². The predicted molar refractivity (Wildman–Crippen MR) is 72.8 cm³/mol. The number of benzene rings is 1. The fraction of sp³-hybridized carbons (Fsp3) is 0.500. The molecule has 0 atom stereocenters. The molecule has 18 heavy (non-hydrogen) atoms. The van der Waals surface area contributed by atoms with Crippen LogP contribution < -0.4 is 15.4 Å². The molecule has 0 bridgehead atoms. The van der Waals surface area contributed by atoms with E-state index in [1.165, 1.54) is 0 Å². The van der Waals surface area contributed by atoms with Crippen molar-refractivity contribution < 1.29 is 9.53 Å². The van der Waals surface area contributed by atoms with Crippen LogP contribution in [0.25, 0.3) is 0 Å². The Hall–Kier alpha value is -1.55. The lowest BCUT2D eigenvalue weighted by Gasteiger charge is -2.10. The minimum Gasteiger partial charge on any atom is -0.496 e. The molecule has 0 spiro atoms. The summed E-state index contributed by atoms with van der Waals surface area (Å²) in [5.41, 5.74) is 1.11. The van der Waals surface area contributed by atoms with Gasteiger partial charge in [0.2, 0.25) is 5.91 Å². The van der Waals surface area contributed by atoms with Gasteiger partial charge in [0.15, 0.2) is 0 Å². The fourth-order valence-corrected chi connectivity index (χ4v) is 1.61. The van der Waals surface area contributed by atoms with Gasteiger partial charge in [-0.25, -0.2) is 0 Å². The van der Waals surface area contributed by atoms with Gasteiger partial charge in [0.25, 0.3) is 0 Å². The van der Waals surface area contributed by atoms with Gasteiger partial charge in [-0.05, 0) is 18.1 Å². The van der Waals surface area contributed by atoms with E-state index in [9.17, 15) is 4.79 Å². The molecule has 0 fully saturated rings. The quantitative estimate of drug-likeness (QED) is 0.768.